The molecule has 0 saturated carbocycles. The van der Waals surface area contributed by atoms with E-state index >= 15 is 0 Å². The van der Waals surface area contributed by atoms with Gasteiger partial charge in [-0.15, -0.1) is 0 Å². The normalized spacial score (nSPS) is 10.5. The van der Waals surface area contributed by atoms with Crippen LogP contribution in [-0.4, -0.2) is 37.3 Å². The Morgan fingerprint density at radius 3 is 2.58 bits per heavy atom. The van der Waals surface area contributed by atoms with E-state index in [4.69, 9.17) is 14.2 Å². The molecule has 0 radical (unpaired) electrons. The lowest BCUT2D eigenvalue weighted by Crippen LogP contribution is -2.17. The second-order valence-electron chi connectivity index (χ2n) is 6.12. The molecule has 0 saturated heterocycles. The minimum Gasteiger partial charge on any atom is -0.497 e. The molecule has 1 aromatic heterocycles. The Kier molecular flexibility index (Phi) is 7.34. The van der Waals surface area contributed by atoms with Gasteiger partial charge in [-0.1, -0.05) is 6.07 Å². The van der Waals surface area contributed by atoms with Gasteiger partial charge < -0.3 is 14.2 Å². The van der Waals surface area contributed by atoms with Gasteiger partial charge in [0, 0.05) is 16.9 Å². The van der Waals surface area contributed by atoms with E-state index in [2.05, 4.69) is 31.4 Å². The van der Waals surface area contributed by atoms with E-state index in [1.54, 1.807) is 54.7 Å². The third-order valence-corrected chi connectivity index (χ3v) is 4.48. The molecule has 0 atom stereocenters. The van der Waals surface area contributed by atoms with Crippen molar-refractivity contribution in [2.45, 2.75) is 0 Å². The molecule has 3 rings (SSSR count). The number of halogens is 1. The molecule has 0 fully saturated rings. The maximum absolute atomic E-state index is 12.4. The number of carbonyl (C=O) groups is 2. The van der Waals surface area contributed by atoms with E-state index in [1.165, 1.54) is 26.6 Å². The molecule has 0 aliphatic heterocycles. The van der Waals surface area contributed by atoms with Crippen LogP contribution in [0.15, 0.2) is 70.5 Å². The van der Waals surface area contributed by atoms with Crippen LogP contribution < -0.4 is 19.6 Å². The molecule has 1 amide bonds. The van der Waals surface area contributed by atoms with Crippen LogP contribution in [0.25, 0.3) is 0 Å². The fraction of sp³-hybridized carbons (Fsp3) is 0.0909. The van der Waals surface area contributed by atoms with Crippen LogP contribution in [-0.2, 0) is 0 Å². The van der Waals surface area contributed by atoms with E-state index in [0.29, 0.717) is 32.7 Å². The summed E-state index contributed by atoms with van der Waals surface area (Å²) < 4.78 is 16.6. The fourth-order valence-corrected chi connectivity index (χ4v) is 2.89. The Bertz CT molecular complexity index is 1130. The van der Waals surface area contributed by atoms with Gasteiger partial charge in [0.1, 0.15) is 5.75 Å². The SMILES string of the molecule is COc1cccc(C(=O)Oc2ccc(/C=N\NC(=O)c3cncc(Br)c3)cc2OC)c1. The number of nitrogens with zero attached hydrogens (tertiary/aromatic N) is 2. The summed E-state index contributed by atoms with van der Waals surface area (Å²) in [6.07, 6.45) is 4.46. The average molecular weight is 484 g/mol. The zero-order valence-electron chi connectivity index (χ0n) is 16.7. The first-order valence-electron chi connectivity index (χ1n) is 8.98. The average Bonchev–Trinajstić information content (AvgIpc) is 2.79. The van der Waals surface area contributed by atoms with Gasteiger partial charge in [0.2, 0.25) is 0 Å². The zero-order valence-corrected chi connectivity index (χ0v) is 18.3. The molecule has 0 bridgehead atoms. The molecule has 2 aromatic carbocycles. The summed E-state index contributed by atoms with van der Waals surface area (Å²) in [5.74, 6) is 0.183. The van der Waals surface area contributed by atoms with Crippen molar-refractivity contribution >= 4 is 34.0 Å². The summed E-state index contributed by atoms with van der Waals surface area (Å²) in [5.41, 5.74) is 3.76. The monoisotopic (exact) mass is 483 g/mol. The third kappa shape index (κ3) is 5.89. The van der Waals surface area contributed by atoms with Crippen LogP contribution in [0, 0.1) is 0 Å². The van der Waals surface area contributed by atoms with Crippen LogP contribution in [0.2, 0.25) is 0 Å². The van der Waals surface area contributed by atoms with Crippen molar-refractivity contribution in [3.05, 3.63) is 82.1 Å². The highest BCUT2D eigenvalue weighted by atomic mass is 79.9. The molecule has 31 heavy (non-hydrogen) atoms. The number of benzene rings is 2. The number of pyridine rings is 1. The Morgan fingerprint density at radius 1 is 1.00 bits per heavy atom. The predicted octanol–water partition coefficient (Wildman–Crippen LogP) is 3.84. The standard InChI is InChI=1S/C22H18BrN3O5/c1-29-18-5-3-4-15(10-18)22(28)31-19-7-6-14(8-20(19)30-2)11-25-26-21(27)16-9-17(23)13-24-12-16/h3-13H,1-2H3,(H,26,27)/b25-11-. The van der Waals surface area contributed by atoms with Crippen molar-refractivity contribution in [3.63, 3.8) is 0 Å². The number of methoxy groups -OCH3 is 2. The molecule has 9 heteroatoms. The second kappa shape index (κ2) is 10.4. The van der Waals surface area contributed by atoms with Crippen molar-refractivity contribution in [1.29, 1.82) is 0 Å². The summed E-state index contributed by atoms with van der Waals surface area (Å²) in [6.45, 7) is 0. The van der Waals surface area contributed by atoms with E-state index in [0.717, 1.165) is 0 Å². The number of hydrazone groups is 1. The van der Waals surface area contributed by atoms with Crippen molar-refractivity contribution < 1.29 is 23.8 Å². The molecule has 3 aromatic rings. The lowest BCUT2D eigenvalue weighted by atomic mass is 10.2. The Morgan fingerprint density at radius 2 is 1.84 bits per heavy atom. The molecule has 0 aliphatic carbocycles. The summed E-state index contributed by atoms with van der Waals surface area (Å²) in [7, 11) is 2.98. The molecule has 158 valence electrons. The van der Waals surface area contributed by atoms with Gasteiger partial charge >= 0.3 is 5.97 Å². The fourth-order valence-electron chi connectivity index (χ4n) is 2.52. The summed E-state index contributed by atoms with van der Waals surface area (Å²) in [4.78, 5) is 28.4. The van der Waals surface area contributed by atoms with Crippen molar-refractivity contribution in [2.24, 2.45) is 5.10 Å². The number of rotatable bonds is 7. The highest BCUT2D eigenvalue weighted by molar-refractivity contribution is 9.10. The van der Waals surface area contributed by atoms with Gasteiger partial charge in [-0.2, -0.15) is 5.10 Å². The number of hydrogen-bond acceptors (Lipinski definition) is 7. The summed E-state index contributed by atoms with van der Waals surface area (Å²) in [6, 6.07) is 13.2. The lowest BCUT2D eigenvalue weighted by molar-refractivity contribution is 0.0729. The molecular formula is C22H18BrN3O5. The largest absolute Gasteiger partial charge is 0.497 e. The molecule has 1 heterocycles. The first-order valence-corrected chi connectivity index (χ1v) is 9.77. The van der Waals surface area contributed by atoms with Gasteiger partial charge in [-0.3, -0.25) is 9.78 Å². The van der Waals surface area contributed by atoms with Gasteiger partial charge in [0.05, 0.1) is 31.6 Å². The van der Waals surface area contributed by atoms with Crippen LogP contribution >= 0.6 is 15.9 Å². The van der Waals surface area contributed by atoms with Gasteiger partial charge in [0.15, 0.2) is 11.5 Å². The van der Waals surface area contributed by atoms with E-state index < -0.39 is 11.9 Å². The summed E-state index contributed by atoms with van der Waals surface area (Å²) >= 11 is 3.26. The number of esters is 1. The Labute approximate surface area is 187 Å². The number of amides is 1. The number of nitrogens with one attached hydrogen (secondary N) is 1. The van der Waals surface area contributed by atoms with Crippen molar-refractivity contribution in [1.82, 2.24) is 10.4 Å². The molecule has 1 N–H and O–H groups in total. The number of ether oxygens (including phenoxy) is 3. The number of aromatic nitrogens is 1. The highest BCUT2D eigenvalue weighted by Crippen LogP contribution is 2.28. The van der Waals surface area contributed by atoms with Crippen molar-refractivity contribution in [3.8, 4) is 17.2 Å². The first-order chi connectivity index (χ1) is 15.0. The number of hydrogen-bond donors (Lipinski definition) is 1. The topological polar surface area (TPSA) is 99.1 Å². The van der Waals surface area contributed by atoms with Crippen LogP contribution in [0.3, 0.4) is 0 Å². The molecule has 0 spiro atoms. The quantitative estimate of drug-likeness (QED) is 0.237. The van der Waals surface area contributed by atoms with Crippen LogP contribution in [0.1, 0.15) is 26.3 Å². The lowest BCUT2D eigenvalue weighted by Gasteiger charge is -2.10. The Hall–Kier alpha value is -3.72. The molecule has 8 nitrogen and oxygen atoms in total. The van der Waals surface area contributed by atoms with E-state index in [-0.39, 0.29) is 5.75 Å². The third-order valence-electron chi connectivity index (χ3n) is 4.04. The minimum atomic E-state index is -0.548. The Balaban J connectivity index is 1.68. The first kappa shape index (κ1) is 22.0. The molecule has 0 aliphatic rings. The predicted molar refractivity (Wildman–Crippen MR) is 118 cm³/mol. The molecule has 0 unspecified atom stereocenters. The maximum atomic E-state index is 12.4. The molecular weight excluding hydrogens is 466 g/mol. The van der Waals surface area contributed by atoms with Crippen molar-refractivity contribution in [2.75, 3.05) is 14.2 Å². The minimum absolute atomic E-state index is 0.247. The van der Waals surface area contributed by atoms with Crippen LogP contribution in [0.5, 0.6) is 17.2 Å². The maximum Gasteiger partial charge on any atom is 0.343 e. The summed E-state index contributed by atoms with van der Waals surface area (Å²) in [5, 5.41) is 3.94. The van der Waals surface area contributed by atoms with E-state index in [9.17, 15) is 9.59 Å². The van der Waals surface area contributed by atoms with Gasteiger partial charge in [-0.25, -0.2) is 10.2 Å². The second-order valence-corrected chi connectivity index (χ2v) is 7.04. The number of carbonyl (C=O) groups excluding carboxylic acids is 2. The van der Waals surface area contributed by atoms with Gasteiger partial charge in [0.25, 0.3) is 5.91 Å². The zero-order chi connectivity index (χ0) is 22.2. The van der Waals surface area contributed by atoms with Crippen LogP contribution in [0.4, 0.5) is 0 Å². The van der Waals surface area contributed by atoms with Gasteiger partial charge in [-0.05, 0) is 64.0 Å². The van der Waals surface area contributed by atoms with E-state index in [1.807, 2.05) is 0 Å². The smallest absolute Gasteiger partial charge is 0.343 e. The highest BCUT2D eigenvalue weighted by Gasteiger charge is 2.13.